The molecule has 3 nitrogen and oxygen atoms in total. The van der Waals surface area contributed by atoms with Gasteiger partial charge >= 0.3 is 0 Å². The fourth-order valence-corrected chi connectivity index (χ4v) is 2.12. The molecule has 0 saturated heterocycles. The van der Waals surface area contributed by atoms with E-state index in [0.717, 1.165) is 29.9 Å². The Labute approximate surface area is 111 Å². The van der Waals surface area contributed by atoms with E-state index in [1.54, 1.807) is 6.07 Å². The molecule has 18 heavy (non-hydrogen) atoms. The molecule has 1 heterocycles. The lowest BCUT2D eigenvalue weighted by Gasteiger charge is -2.09. The molecule has 0 aliphatic rings. The van der Waals surface area contributed by atoms with Gasteiger partial charge in [-0.15, -0.1) is 21.8 Å². The van der Waals surface area contributed by atoms with Gasteiger partial charge in [0, 0.05) is 12.1 Å². The van der Waals surface area contributed by atoms with Crippen LogP contribution in [0.4, 0.5) is 4.39 Å². The first kappa shape index (κ1) is 13.0. The predicted octanol–water partition coefficient (Wildman–Crippen LogP) is 3.54. The van der Waals surface area contributed by atoms with Crippen LogP contribution in [-0.4, -0.2) is 14.8 Å². The van der Waals surface area contributed by atoms with Gasteiger partial charge in [-0.3, -0.25) is 0 Å². The van der Waals surface area contributed by atoms with Crippen molar-refractivity contribution in [3.8, 4) is 11.4 Å². The van der Waals surface area contributed by atoms with Gasteiger partial charge in [0.15, 0.2) is 5.82 Å². The van der Waals surface area contributed by atoms with Crippen molar-refractivity contribution >= 4 is 11.6 Å². The van der Waals surface area contributed by atoms with Gasteiger partial charge in [-0.2, -0.15) is 0 Å². The maximum absolute atomic E-state index is 13.4. The number of aryl methyl sites for hydroxylation is 1. The zero-order valence-electron chi connectivity index (χ0n) is 10.5. The van der Waals surface area contributed by atoms with Gasteiger partial charge in [0.05, 0.1) is 5.88 Å². The number of rotatable bonds is 4. The minimum absolute atomic E-state index is 0.269. The molecule has 2 rings (SSSR count). The highest BCUT2D eigenvalue weighted by Crippen LogP contribution is 2.24. The number of nitrogens with zero attached hydrogens (tertiary/aromatic N) is 3. The van der Waals surface area contributed by atoms with Crippen molar-refractivity contribution in [2.45, 2.75) is 32.7 Å². The summed E-state index contributed by atoms with van der Waals surface area (Å²) in [6.07, 6.45) is 0.948. The monoisotopic (exact) mass is 267 g/mol. The molecule has 0 unspecified atom stereocenters. The SMILES string of the molecule is CCCn1c(CCl)nnc1-c1cc(F)ccc1C. The maximum atomic E-state index is 13.4. The molecule has 0 bridgehead atoms. The molecule has 1 aromatic heterocycles. The third-order valence-corrected chi connectivity index (χ3v) is 3.07. The van der Waals surface area contributed by atoms with Crippen LogP contribution in [0.15, 0.2) is 18.2 Å². The van der Waals surface area contributed by atoms with Gasteiger partial charge in [-0.25, -0.2) is 4.39 Å². The van der Waals surface area contributed by atoms with Crippen molar-refractivity contribution in [2.75, 3.05) is 0 Å². The van der Waals surface area contributed by atoms with Gasteiger partial charge in [-0.1, -0.05) is 13.0 Å². The molecule has 0 radical (unpaired) electrons. The van der Waals surface area contributed by atoms with E-state index in [-0.39, 0.29) is 5.82 Å². The lowest BCUT2D eigenvalue weighted by Crippen LogP contribution is -2.04. The van der Waals surface area contributed by atoms with Crippen LogP contribution >= 0.6 is 11.6 Å². The van der Waals surface area contributed by atoms with Crippen LogP contribution in [0.5, 0.6) is 0 Å². The molecule has 0 spiro atoms. The molecule has 0 N–H and O–H groups in total. The second kappa shape index (κ2) is 5.48. The molecular formula is C13H15ClFN3. The second-order valence-electron chi connectivity index (χ2n) is 4.18. The normalized spacial score (nSPS) is 10.9. The van der Waals surface area contributed by atoms with Crippen LogP contribution in [-0.2, 0) is 12.4 Å². The van der Waals surface area contributed by atoms with Gasteiger partial charge in [-0.05, 0) is 31.0 Å². The van der Waals surface area contributed by atoms with Gasteiger partial charge < -0.3 is 4.57 Å². The molecule has 0 amide bonds. The summed E-state index contributed by atoms with van der Waals surface area (Å²) < 4.78 is 15.3. The van der Waals surface area contributed by atoms with E-state index >= 15 is 0 Å². The van der Waals surface area contributed by atoms with Crippen molar-refractivity contribution in [1.82, 2.24) is 14.8 Å². The van der Waals surface area contributed by atoms with E-state index in [1.165, 1.54) is 12.1 Å². The van der Waals surface area contributed by atoms with E-state index in [1.807, 2.05) is 11.5 Å². The summed E-state index contributed by atoms with van der Waals surface area (Å²) in [6.45, 7) is 4.78. The fourth-order valence-electron chi connectivity index (χ4n) is 1.93. The summed E-state index contributed by atoms with van der Waals surface area (Å²) in [5.74, 6) is 1.44. The number of alkyl halides is 1. The van der Waals surface area contributed by atoms with Crippen LogP contribution < -0.4 is 0 Å². The van der Waals surface area contributed by atoms with Crippen molar-refractivity contribution in [3.63, 3.8) is 0 Å². The van der Waals surface area contributed by atoms with E-state index in [0.29, 0.717) is 11.7 Å². The zero-order chi connectivity index (χ0) is 13.1. The Morgan fingerprint density at radius 1 is 1.33 bits per heavy atom. The standard InChI is InChI=1S/C13H15ClFN3/c1-3-6-18-12(8-14)16-17-13(18)11-7-10(15)5-4-9(11)2/h4-5,7H,3,6,8H2,1-2H3. The van der Waals surface area contributed by atoms with Crippen LogP contribution in [0.2, 0.25) is 0 Å². The average Bonchev–Trinajstić information content (AvgIpc) is 2.76. The van der Waals surface area contributed by atoms with E-state index in [4.69, 9.17) is 11.6 Å². The Kier molecular flexibility index (Phi) is 3.97. The quantitative estimate of drug-likeness (QED) is 0.794. The van der Waals surface area contributed by atoms with Gasteiger partial charge in [0.2, 0.25) is 0 Å². The van der Waals surface area contributed by atoms with Crippen molar-refractivity contribution in [3.05, 3.63) is 35.4 Å². The lowest BCUT2D eigenvalue weighted by atomic mass is 10.1. The second-order valence-corrected chi connectivity index (χ2v) is 4.45. The third-order valence-electron chi connectivity index (χ3n) is 2.83. The molecule has 0 atom stereocenters. The van der Waals surface area contributed by atoms with Crippen LogP contribution in [0, 0.1) is 12.7 Å². The van der Waals surface area contributed by atoms with Crippen LogP contribution in [0.3, 0.4) is 0 Å². The zero-order valence-corrected chi connectivity index (χ0v) is 11.2. The summed E-state index contributed by atoms with van der Waals surface area (Å²) in [6, 6.07) is 4.68. The molecule has 1 aromatic carbocycles. The highest BCUT2D eigenvalue weighted by molar-refractivity contribution is 6.16. The molecular weight excluding hydrogens is 253 g/mol. The topological polar surface area (TPSA) is 30.7 Å². The fraction of sp³-hybridized carbons (Fsp3) is 0.385. The van der Waals surface area contributed by atoms with Gasteiger partial charge in [0.1, 0.15) is 11.6 Å². The van der Waals surface area contributed by atoms with Crippen molar-refractivity contribution < 1.29 is 4.39 Å². The summed E-state index contributed by atoms with van der Waals surface area (Å²) in [4.78, 5) is 0. The maximum Gasteiger partial charge on any atom is 0.164 e. The summed E-state index contributed by atoms with van der Waals surface area (Å²) in [5.41, 5.74) is 1.74. The van der Waals surface area contributed by atoms with Gasteiger partial charge in [0.25, 0.3) is 0 Å². The number of hydrogen-bond donors (Lipinski definition) is 0. The van der Waals surface area contributed by atoms with E-state index < -0.39 is 0 Å². The molecule has 0 aliphatic heterocycles. The first-order chi connectivity index (χ1) is 8.67. The smallest absolute Gasteiger partial charge is 0.164 e. The molecule has 0 fully saturated rings. The predicted molar refractivity (Wildman–Crippen MR) is 70.0 cm³/mol. The van der Waals surface area contributed by atoms with E-state index in [9.17, 15) is 4.39 Å². The van der Waals surface area contributed by atoms with Crippen LogP contribution in [0.25, 0.3) is 11.4 Å². The Morgan fingerprint density at radius 2 is 2.11 bits per heavy atom. The number of benzene rings is 1. The minimum atomic E-state index is -0.269. The molecule has 2 aromatic rings. The molecule has 0 aliphatic carbocycles. The number of aromatic nitrogens is 3. The molecule has 96 valence electrons. The highest BCUT2D eigenvalue weighted by Gasteiger charge is 2.14. The molecule has 0 saturated carbocycles. The first-order valence-corrected chi connectivity index (χ1v) is 6.45. The Morgan fingerprint density at radius 3 is 2.78 bits per heavy atom. The van der Waals surface area contributed by atoms with E-state index in [2.05, 4.69) is 17.1 Å². The molecule has 5 heteroatoms. The number of hydrogen-bond acceptors (Lipinski definition) is 2. The average molecular weight is 268 g/mol. The third kappa shape index (κ3) is 2.38. The Hall–Kier alpha value is -1.42. The van der Waals surface area contributed by atoms with Crippen molar-refractivity contribution in [2.24, 2.45) is 0 Å². The Balaban J connectivity index is 2.56. The number of halogens is 2. The summed E-state index contributed by atoms with van der Waals surface area (Å²) in [7, 11) is 0. The summed E-state index contributed by atoms with van der Waals surface area (Å²) in [5, 5.41) is 8.20. The van der Waals surface area contributed by atoms with Crippen molar-refractivity contribution in [1.29, 1.82) is 0 Å². The highest BCUT2D eigenvalue weighted by atomic mass is 35.5. The Bertz CT molecular complexity index is 551. The largest absolute Gasteiger partial charge is 0.310 e. The summed E-state index contributed by atoms with van der Waals surface area (Å²) >= 11 is 5.84. The minimum Gasteiger partial charge on any atom is -0.310 e. The first-order valence-electron chi connectivity index (χ1n) is 5.92. The van der Waals surface area contributed by atoms with Crippen LogP contribution in [0.1, 0.15) is 24.7 Å². The lowest BCUT2D eigenvalue weighted by molar-refractivity contribution is 0.626.